The number of carbonyl (C=O) groups excluding carboxylic acids is 1. The highest BCUT2D eigenvalue weighted by Crippen LogP contribution is 2.51. The summed E-state index contributed by atoms with van der Waals surface area (Å²) in [5.74, 6) is -0.811. The second kappa shape index (κ2) is 7.79. The summed E-state index contributed by atoms with van der Waals surface area (Å²) in [6.45, 7) is 8.46. The number of nitriles is 1. The van der Waals surface area contributed by atoms with E-state index in [9.17, 15) is 9.18 Å². The van der Waals surface area contributed by atoms with Crippen LogP contribution < -0.4 is 14.4 Å². The fourth-order valence-corrected chi connectivity index (χ4v) is 4.99. The molecule has 1 aliphatic carbocycles. The maximum absolute atomic E-state index is 14.8. The Bertz CT molecular complexity index is 1190. The zero-order valence-electron chi connectivity index (χ0n) is 19.8. The Labute approximate surface area is 198 Å². The van der Waals surface area contributed by atoms with Gasteiger partial charge in [0.2, 0.25) is 0 Å². The molecule has 1 amide bonds. The number of anilines is 1. The van der Waals surface area contributed by atoms with Crippen LogP contribution in [0.1, 0.15) is 51.7 Å². The molecule has 0 unspecified atom stereocenters. The lowest BCUT2D eigenvalue weighted by molar-refractivity contribution is -0.0706. The summed E-state index contributed by atoms with van der Waals surface area (Å²) >= 11 is 0. The number of hydrogen-bond acceptors (Lipinski definition) is 6. The van der Waals surface area contributed by atoms with Crippen LogP contribution in [-0.2, 0) is 10.5 Å². The number of rotatable bonds is 2. The number of para-hydroxylation sites is 1. The lowest BCUT2D eigenvalue weighted by atomic mass is 9.81. The van der Waals surface area contributed by atoms with Crippen molar-refractivity contribution in [1.82, 2.24) is 4.90 Å². The molecule has 2 aliphatic heterocycles. The molecule has 2 fully saturated rings. The minimum Gasteiger partial charge on any atom is -0.444 e. The second-order valence-corrected chi connectivity index (χ2v) is 10.1. The molecule has 1 saturated heterocycles. The predicted molar refractivity (Wildman–Crippen MR) is 123 cm³/mol. The Morgan fingerprint density at radius 3 is 2.59 bits per heavy atom. The van der Waals surface area contributed by atoms with Crippen molar-refractivity contribution in [3.63, 3.8) is 0 Å². The minimum atomic E-state index is -1.35. The fourth-order valence-electron chi connectivity index (χ4n) is 4.99. The SMILES string of the molecule is CC(C)(C)OC(=O)N1CCN(c2cccc3c2O[C@](C)(c2ccc(C#N)cc2F)O3)[C@H]2CC[C@H]21. The predicted octanol–water partition coefficient (Wildman–Crippen LogP) is 4.93. The topological polar surface area (TPSA) is 75.0 Å². The average Bonchev–Trinajstić information content (AvgIpc) is 3.09. The number of piperazine rings is 1. The van der Waals surface area contributed by atoms with Gasteiger partial charge in [0.15, 0.2) is 11.5 Å². The molecule has 2 aromatic rings. The lowest BCUT2D eigenvalue weighted by Crippen LogP contribution is -2.66. The van der Waals surface area contributed by atoms with Crippen molar-refractivity contribution < 1.29 is 23.4 Å². The van der Waals surface area contributed by atoms with E-state index in [1.54, 1.807) is 19.1 Å². The van der Waals surface area contributed by atoms with Gasteiger partial charge < -0.3 is 24.0 Å². The molecule has 3 aliphatic rings. The Morgan fingerprint density at radius 2 is 1.94 bits per heavy atom. The maximum Gasteiger partial charge on any atom is 0.410 e. The highest BCUT2D eigenvalue weighted by molar-refractivity contribution is 5.72. The van der Waals surface area contributed by atoms with E-state index in [0.29, 0.717) is 24.6 Å². The normalized spacial score (nSPS) is 25.3. The molecule has 0 spiro atoms. The van der Waals surface area contributed by atoms with Gasteiger partial charge in [0.25, 0.3) is 5.79 Å². The quantitative estimate of drug-likeness (QED) is 0.626. The molecule has 8 heteroatoms. The summed E-state index contributed by atoms with van der Waals surface area (Å²) in [7, 11) is 0. The van der Waals surface area contributed by atoms with Crippen LogP contribution >= 0.6 is 0 Å². The number of fused-ring (bicyclic) bond motifs is 2. The number of carbonyl (C=O) groups is 1. The molecule has 0 bridgehead atoms. The van der Waals surface area contributed by atoms with E-state index in [1.165, 1.54) is 12.1 Å². The van der Waals surface area contributed by atoms with Crippen LogP contribution in [0.3, 0.4) is 0 Å². The standard InChI is InChI=1S/C26H28FN3O4/c1-25(2,3)34-24(31)30-13-12-29(19-10-11-20(19)30)21-6-5-7-22-23(21)33-26(4,32-22)17-9-8-16(15-28)14-18(17)27/h5-9,14,19-20H,10-13H2,1-4H3/t19-,20+,26+/m0/s1. The largest absolute Gasteiger partial charge is 0.444 e. The van der Waals surface area contributed by atoms with Crippen molar-refractivity contribution in [2.75, 3.05) is 18.0 Å². The van der Waals surface area contributed by atoms with Gasteiger partial charge in [0.1, 0.15) is 11.4 Å². The van der Waals surface area contributed by atoms with Crippen LogP contribution in [0.2, 0.25) is 0 Å². The second-order valence-electron chi connectivity index (χ2n) is 10.1. The van der Waals surface area contributed by atoms with Crippen molar-refractivity contribution in [1.29, 1.82) is 5.26 Å². The first-order chi connectivity index (χ1) is 16.1. The highest BCUT2D eigenvalue weighted by atomic mass is 19.1. The highest BCUT2D eigenvalue weighted by Gasteiger charge is 2.48. The molecule has 0 N–H and O–H groups in total. The molecular formula is C26H28FN3O4. The number of hydrogen-bond donors (Lipinski definition) is 0. The van der Waals surface area contributed by atoms with E-state index in [1.807, 2.05) is 43.9 Å². The average molecular weight is 466 g/mol. The first-order valence-corrected chi connectivity index (χ1v) is 11.6. The molecule has 1 saturated carbocycles. The van der Waals surface area contributed by atoms with Crippen LogP contribution in [0.4, 0.5) is 14.9 Å². The molecule has 2 aromatic carbocycles. The molecule has 0 aromatic heterocycles. The smallest absolute Gasteiger partial charge is 0.410 e. The monoisotopic (exact) mass is 465 g/mol. The molecule has 178 valence electrons. The van der Waals surface area contributed by atoms with E-state index in [-0.39, 0.29) is 29.3 Å². The lowest BCUT2D eigenvalue weighted by Gasteiger charge is -2.54. The number of amides is 1. The number of halogens is 1. The van der Waals surface area contributed by atoms with Crippen molar-refractivity contribution in [2.45, 2.75) is 64.0 Å². The van der Waals surface area contributed by atoms with E-state index in [0.717, 1.165) is 18.5 Å². The first kappa shape index (κ1) is 22.3. The molecule has 3 atom stereocenters. The summed E-state index contributed by atoms with van der Waals surface area (Å²) < 4.78 is 32.8. The third-order valence-electron chi connectivity index (χ3n) is 6.67. The molecule has 7 nitrogen and oxygen atoms in total. The summed E-state index contributed by atoms with van der Waals surface area (Å²) in [4.78, 5) is 16.8. The van der Waals surface area contributed by atoms with Gasteiger partial charge >= 0.3 is 6.09 Å². The van der Waals surface area contributed by atoms with Crippen molar-refractivity contribution >= 4 is 11.8 Å². The van der Waals surface area contributed by atoms with Gasteiger partial charge in [-0.25, -0.2) is 9.18 Å². The molecule has 0 radical (unpaired) electrons. The van der Waals surface area contributed by atoms with Crippen molar-refractivity contribution in [3.8, 4) is 17.6 Å². The van der Waals surface area contributed by atoms with E-state index in [4.69, 9.17) is 19.5 Å². The molecule has 34 heavy (non-hydrogen) atoms. The Kier molecular flexibility index (Phi) is 5.12. The number of nitrogens with zero attached hydrogens (tertiary/aromatic N) is 3. The number of benzene rings is 2. The van der Waals surface area contributed by atoms with Gasteiger partial charge in [0.05, 0.1) is 28.9 Å². The zero-order chi connectivity index (χ0) is 24.3. The number of ether oxygens (including phenoxy) is 3. The molecular weight excluding hydrogens is 437 g/mol. The Balaban J connectivity index is 1.40. The third kappa shape index (κ3) is 3.69. The minimum absolute atomic E-state index is 0.0733. The molecule has 2 heterocycles. The van der Waals surface area contributed by atoms with Crippen molar-refractivity contribution in [2.24, 2.45) is 0 Å². The van der Waals surface area contributed by atoms with Crippen LogP contribution in [-0.4, -0.2) is 41.8 Å². The van der Waals surface area contributed by atoms with Crippen molar-refractivity contribution in [3.05, 3.63) is 53.3 Å². The molecule has 5 rings (SSSR count). The first-order valence-electron chi connectivity index (χ1n) is 11.6. The maximum atomic E-state index is 14.8. The van der Waals surface area contributed by atoms with Gasteiger partial charge in [0, 0.05) is 26.1 Å². The third-order valence-corrected chi connectivity index (χ3v) is 6.67. The van der Waals surface area contributed by atoms with Gasteiger partial charge in [-0.1, -0.05) is 6.07 Å². The summed E-state index contributed by atoms with van der Waals surface area (Å²) in [6, 6.07) is 12.1. The van der Waals surface area contributed by atoms with Crippen LogP contribution in [0.15, 0.2) is 36.4 Å². The van der Waals surface area contributed by atoms with Gasteiger partial charge in [-0.3, -0.25) is 0 Å². The van der Waals surface area contributed by atoms with Crippen LogP contribution in [0.25, 0.3) is 0 Å². The van der Waals surface area contributed by atoms with Gasteiger partial charge in [-0.05, 0) is 63.9 Å². The van der Waals surface area contributed by atoms with Crippen LogP contribution in [0, 0.1) is 17.1 Å². The summed E-state index contributed by atoms with van der Waals surface area (Å²) in [6.07, 6.45) is 1.60. The zero-order valence-corrected chi connectivity index (χ0v) is 19.8. The Hall–Kier alpha value is -3.47. The van der Waals surface area contributed by atoms with E-state index in [2.05, 4.69) is 4.90 Å². The summed E-state index contributed by atoms with van der Waals surface area (Å²) in [5, 5.41) is 9.05. The van der Waals surface area contributed by atoms with E-state index >= 15 is 0 Å². The Morgan fingerprint density at radius 1 is 1.18 bits per heavy atom. The van der Waals surface area contributed by atoms with Crippen LogP contribution in [0.5, 0.6) is 11.5 Å². The van der Waals surface area contributed by atoms with E-state index < -0.39 is 17.2 Å². The summed E-state index contributed by atoms with van der Waals surface area (Å²) in [5.41, 5.74) is 0.794. The van der Waals surface area contributed by atoms with Gasteiger partial charge in [-0.2, -0.15) is 5.26 Å². The van der Waals surface area contributed by atoms with Gasteiger partial charge in [-0.15, -0.1) is 0 Å². The fraction of sp³-hybridized carbons (Fsp3) is 0.462.